The van der Waals surface area contributed by atoms with E-state index < -0.39 is 0 Å². The predicted molar refractivity (Wildman–Crippen MR) is 91.1 cm³/mol. The molecule has 1 saturated carbocycles. The molecule has 3 heteroatoms. The Balaban J connectivity index is 1.78. The van der Waals surface area contributed by atoms with Gasteiger partial charge in [0.05, 0.1) is 6.61 Å². The number of hydrogen-bond donors (Lipinski definition) is 1. The molecule has 116 valence electrons. The van der Waals surface area contributed by atoms with E-state index in [-0.39, 0.29) is 5.54 Å². The third-order valence-corrected chi connectivity index (χ3v) is 5.26. The maximum absolute atomic E-state index is 5.90. The highest BCUT2D eigenvalue weighted by Crippen LogP contribution is 2.46. The van der Waals surface area contributed by atoms with E-state index in [1.807, 2.05) is 0 Å². The molecule has 1 N–H and O–H groups in total. The zero-order chi connectivity index (χ0) is 15.1. The SMILES string of the molecule is CC(C)(C)NCC1(Cc2cc(Br)cc3c2OCC3)CCC1. The number of halogens is 1. The summed E-state index contributed by atoms with van der Waals surface area (Å²) >= 11 is 3.66. The second-order valence-electron chi connectivity index (χ2n) is 7.79. The van der Waals surface area contributed by atoms with Crippen molar-refractivity contribution in [3.05, 3.63) is 27.7 Å². The van der Waals surface area contributed by atoms with Crippen LogP contribution in [0.1, 0.15) is 51.2 Å². The van der Waals surface area contributed by atoms with Crippen LogP contribution in [0, 0.1) is 5.41 Å². The van der Waals surface area contributed by atoms with Crippen molar-refractivity contribution in [1.29, 1.82) is 0 Å². The molecule has 1 heterocycles. The van der Waals surface area contributed by atoms with Gasteiger partial charge >= 0.3 is 0 Å². The van der Waals surface area contributed by atoms with Crippen molar-refractivity contribution in [3.8, 4) is 5.75 Å². The van der Waals surface area contributed by atoms with Gasteiger partial charge in [0.15, 0.2) is 0 Å². The molecule has 3 rings (SSSR count). The lowest BCUT2D eigenvalue weighted by Gasteiger charge is -2.44. The van der Waals surface area contributed by atoms with E-state index in [1.54, 1.807) is 0 Å². The number of rotatable bonds is 4. The minimum Gasteiger partial charge on any atom is -0.493 e. The quantitative estimate of drug-likeness (QED) is 0.862. The van der Waals surface area contributed by atoms with E-state index in [1.165, 1.54) is 40.6 Å². The van der Waals surface area contributed by atoms with Gasteiger partial charge in [0, 0.05) is 23.0 Å². The smallest absolute Gasteiger partial charge is 0.125 e. The van der Waals surface area contributed by atoms with Crippen LogP contribution in [0.15, 0.2) is 16.6 Å². The minimum absolute atomic E-state index is 0.193. The number of nitrogens with one attached hydrogen (secondary N) is 1. The predicted octanol–water partition coefficient (Wildman–Crippen LogP) is 4.48. The summed E-state index contributed by atoms with van der Waals surface area (Å²) in [4.78, 5) is 0. The van der Waals surface area contributed by atoms with E-state index in [4.69, 9.17) is 4.74 Å². The fourth-order valence-corrected chi connectivity index (χ4v) is 3.98. The molecule has 0 unspecified atom stereocenters. The number of benzene rings is 1. The van der Waals surface area contributed by atoms with Crippen molar-refractivity contribution >= 4 is 15.9 Å². The first-order valence-electron chi connectivity index (χ1n) is 8.06. The van der Waals surface area contributed by atoms with Gasteiger partial charge in [-0.1, -0.05) is 22.4 Å². The third kappa shape index (κ3) is 3.45. The molecule has 0 atom stereocenters. The Bertz CT molecular complexity index is 529. The lowest BCUT2D eigenvalue weighted by atomic mass is 9.65. The zero-order valence-corrected chi connectivity index (χ0v) is 15.0. The van der Waals surface area contributed by atoms with Gasteiger partial charge in [-0.05, 0) is 68.7 Å². The molecule has 0 spiro atoms. The van der Waals surface area contributed by atoms with E-state index in [0.717, 1.165) is 26.0 Å². The maximum Gasteiger partial charge on any atom is 0.125 e. The van der Waals surface area contributed by atoms with Crippen molar-refractivity contribution in [2.45, 2.75) is 58.4 Å². The summed E-state index contributed by atoms with van der Waals surface area (Å²) in [5, 5.41) is 3.71. The lowest BCUT2D eigenvalue weighted by Crippen LogP contribution is -2.48. The molecule has 1 aliphatic heterocycles. The first kappa shape index (κ1) is 15.4. The monoisotopic (exact) mass is 351 g/mol. The van der Waals surface area contributed by atoms with Crippen LogP contribution >= 0.6 is 15.9 Å². The van der Waals surface area contributed by atoms with Crippen LogP contribution in [0.5, 0.6) is 5.75 Å². The van der Waals surface area contributed by atoms with Gasteiger partial charge in [-0.15, -0.1) is 0 Å². The zero-order valence-electron chi connectivity index (χ0n) is 13.4. The molecule has 2 nitrogen and oxygen atoms in total. The molecule has 2 aliphatic rings. The van der Waals surface area contributed by atoms with Crippen molar-refractivity contribution in [3.63, 3.8) is 0 Å². The highest BCUT2D eigenvalue weighted by Gasteiger charge is 2.38. The number of fused-ring (bicyclic) bond motifs is 1. The van der Waals surface area contributed by atoms with Crippen molar-refractivity contribution in [1.82, 2.24) is 5.32 Å². The molecule has 0 saturated heterocycles. The van der Waals surface area contributed by atoms with Crippen LogP contribution in [-0.2, 0) is 12.8 Å². The average molecular weight is 352 g/mol. The van der Waals surface area contributed by atoms with Gasteiger partial charge in [0.2, 0.25) is 0 Å². The fraction of sp³-hybridized carbons (Fsp3) is 0.667. The van der Waals surface area contributed by atoms with Crippen molar-refractivity contribution < 1.29 is 4.74 Å². The van der Waals surface area contributed by atoms with E-state index in [0.29, 0.717) is 5.41 Å². The Morgan fingerprint density at radius 2 is 2.05 bits per heavy atom. The topological polar surface area (TPSA) is 21.3 Å². The summed E-state index contributed by atoms with van der Waals surface area (Å²) in [5.41, 5.74) is 3.39. The van der Waals surface area contributed by atoms with Gasteiger partial charge in [0.1, 0.15) is 5.75 Å². The molecule has 1 aromatic carbocycles. The second kappa shape index (κ2) is 5.58. The summed E-state index contributed by atoms with van der Waals surface area (Å²) < 4.78 is 7.10. The fourth-order valence-electron chi connectivity index (χ4n) is 3.43. The Morgan fingerprint density at radius 1 is 1.29 bits per heavy atom. The van der Waals surface area contributed by atoms with Crippen LogP contribution < -0.4 is 10.1 Å². The first-order valence-corrected chi connectivity index (χ1v) is 8.85. The summed E-state index contributed by atoms with van der Waals surface area (Å²) in [6.45, 7) is 8.70. The molecule has 1 fully saturated rings. The highest BCUT2D eigenvalue weighted by atomic mass is 79.9. The summed E-state index contributed by atoms with van der Waals surface area (Å²) in [6, 6.07) is 4.48. The Labute approximate surface area is 136 Å². The molecular weight excluding hydrogens is 326 g/mol. The largest absolute Gasteiger partial charge is 0.493 e. The van der Waals surface area contributed by atoms with Crippen molar-refractivity contribution in [2.75, 3.05) is 13.2 Å². The van der Waals surface area contributed by atoms with Crippen LogP contribution in [0.3, 0.4) is 0 Å². The van der Waals surface area contributed by atoms with Crippen LogP contribution in [0.4, 0.5) is 0 Å². The molecule has 0 amide bonds. The van der Waals surface area contributed by atoms with Gasteiger partial charge in [-0.3, -0.25) is 0 Å². The maximum atomic E-state index is 5.90. The molecule has 21 heavy (non-hydrogen) atoms. The van der Waals surface area contributed by atoms with E-state index in [9.17, 15) is 0 Å². The second-order valence-corrected chi connectivity index (χ2v) is 8.70. The van der Waals surface area contributed by atoms with Crippen LogP contribution in [-0.4, -0.2) is 18.7 Å². The number of ether oxygens (including phenoxy) is 1. The normalized spacial score (nSPS) is 19.8. The summed E-state index contributed by atoms with van der Waals surface area (Å²) in [5.74, 6) is 1.17. The molecule has 0 bridgehead atoms. The molecule has 1 aromatic rings. The standard InChI is InChI=1S/C18H26BrNO/c1-17(2,3)20-12-18(6-4-7-18)11-14-10-15(19)9-13-5-8-21-16(13)14/h9-10,20H,4-8,11-12H2,1-3H3. The average Bonchev–Trinajstić information content (AvgIpc) is 2.79. The van der Waals surface area contributed by atoms with Crippen LogP contribution in [0.25, 0.3) is 0 Å². The molecule has 0 aromatic heterocycles. The third-order valence-electron chi connectivity index (χ3n) is 4.80. The highest BCUT2D eigenvalue weighted by molar-refractivity contribution is 9.10. The summed E-state index contributed by atoms with van der Waals surface area (Å²) in [7, 11) is 0. The van der Waals surface area contributed by atoms with Gasteiger partial charge in [-0.2, -0.15) is 0 Å². The Hall–Kier alpha value is -0.540. The lowest BCUT2D eigenvalue weighted by molar-refractivity contribution is 0.117. The molecular formula is C18H26BrNO. The Kier molecular flexibility index (Phi) is 4.08. The van der Waals surface area contributed by atoms with Crippen molar-refractivity contribution in [2.24, 2.45) is 5.41 Å². The molecule has 0 radical (unpaired) electrons. The number of hydrogen-bond acceptors (Lipinski definition) is 2. The van der Waals surface area contributed by atoms with Gasteiger partial charge in [0.25, 0.3) is 0 Å². The Morgan fingerprint density at radius 3 is 2.67 bits per heavy atom. The van der Waals surface area contributed by atoms with Crippen LogP contribution in [0.2, 0.25) is 0 Å². The van der Waals surface area contributed by atoms with E-state index in [2.05, 4.69) is 54.2 Å². The summed E-state index contributed by atoms with van der Waals surface area (Å²) in [6.07, 6.45) is 6.21. The van der Waals surface area contributed by atoms with Gasteiger partial charge < -0.3 is 10.1 Å². The van der Waals surface area contributed by atoms with E-state index >= 15 is 0 Å². The first-order chi connectivity index (χ1) is 9.87. The molecule has 1 aliphatic carbocycles. The minimum atomic E-state index is 0.193. The van der Waals surface area contributed by atoms with Gasteiger partial charge in [-0.25, -0.2) is 0 Å².